The van der Waals surface area contributed by atoms with Crippen LogP contribution in [0.2, 0.25) is 0 Å². The summed E-state index contributed by atoms with van der Waals surface area (Å²) in [5, 5.41) is 6.39. The van der Waals surface area contributed by atoms with Gasteiger partial charge in [-0.3, -0.25) is 4.79 Å². The van der Waals surface area contributed by atoms with E-state index in [9.17, 15) is 4.79 Å². The molecule has 3 rings (SSSR count). The van der Waals surface area contributed by atoms with Gasteiger partial charge >= 0.3 is 0 Å². The largest absolute Gasteiger partial charge is 0.489 e. The first kappa shape index (κ1) is 14.1. The van der Waals surface area contributed by atoms with Gasteiger partial charge in [0.05, 0.1) is 0 Å². The molecule has 1 aliphatic carbocycles. The third kappa shape index (κ3) is 3.10. The van der Waals surface area contributed by atoms with E-state index in [1.165, 1.54) is 0 Å². The van der Waals surface area contributed by atoms with Gasteiger partial charge in [0, 0.05) is 17.7 Å². The lowest BCUT2D eigenvalue weighted by atomic mass is 9.92. The smallest absolute Gasteiger partial charge is 0.228 e. The summed E-state index contributed by atoms with van der Waals surface area (Å²) in [6.45, 7) is 6.17. The molecule has 1 atom stereocenters. The number of amides is 1. The molecule has 1 spiro atoms. The van der Waals surface area contributed by atoms with Crippen LogP contribution in [0, 0.1) is 11.3 Å². The molecule has 0 aromatic heterocycles. The summed E-state index contributed by atoms with van der Waals surface area (Å²) in [5.74, 6) is 1.08. The van der Waals surface area contributed by atoms with Crippen molar-refractivity contribution in [3.8, 4) is 5.75 Å². The van der Waals surface area contributed by atoms with Crippen LogP contribution in [0.1, 0.15) is 19.3 Å². The zero-order valence-electron chi connectivity index (χ0n) is 12.2. The van der Waals surface area contributed by atoms with Gasteiger partial charge in [0.2, 0.25) is 5.91 Å². The van der Waals surface area contributed by atoms with Crippen molar-refractivity contribution in [1.29, 1.82) is 0 Å². The second-order valence-corrected chi connectivity index (χ2v) is 5.99. The van der Waals surface area contributed by atoms with Gasteiger partial charge in [-0.05, 0) is 49.9 Å². The summed E-state index contributed by atoms with van der Waals surface area (Å²) < 4.78 is 5.49. The summed E-state index contributed by atoms with van der Waals surface area (Å²) in [6.07, 6.45) is 4.98. The molecule has 1 unspecified atom stereocenters. The Morgan fingerprint density at radius 3 is 3.05 bits per heavy atom. The Kier molecular flexibility index (Phi) is 3.97. The van der Waals surface area contributed by atoms with Gasteiger partial charge in [0.1, 0.15) is 12.4 Å². The monoisotopic (exact) mass is 286 g/mol. The fraction of sp³-hybridized carbons (Fsp3) is 0.471. The van der Waals surface area contributed by atoms with Crippen molar-refractivity contribution in [2.24, 2.45) is 11.3 Å². The lowest BCUT2D eigenvalue weighted by molar-refractivity contribution is -0.118. The number of nitrogens with one attached hydrogen (secondary N) is 2. The molecule has 4 nitrogen and oxygen atoms in total. The summed E-state index contributed by atoms with van der Waals surface area (Å²) in [5.41, 5.74) is 1.07. The van der Waals surface area contributed by atoms with Crippen molar-refractivity contribution in [3.05, 3.63) is 36.9 Å². The highest BCUT2D eigenvalue weighted by Crippen LogP contribution is 2.58. The summed E-state index contributed by atoms with van der Waals surface area (Å²) in [7, 11) is 0. The minimum atomic E-state index is 0.151. The van der Waals surface area contributed by atoms with Crippen LogP contribution in [0.15, 0.2) is 36.9 Å². The number of carbonyl (C=O) groups is 1. The Bertz CT molecular complexity index is 535. The number of carbonyl (C=O) groups excluding carboxylic acids is 1. The number of rotatable bonds is 5. The molecule has 0 bridgehead atoms. The molecule has 1 amide bonds. The molecule has 2 fully saturated rings. The lowest BCUT2D eigenvalue weighted by Gasteiger charge is -2.23. The van der Waals surface area contributed by atoms with E-state index in [4.69, 9.17) is 4.74 Å². The molecular formula is C17H22N2O2. The third-order valence-electron chi connectivity index (χ3n) is 4.57. The van der Waals surface area contributed by atoms with Crippen molar-refractivity contribution < 1.29 is 9.53 Å². The number of hydrogen-bond acceptors (Lipinski definition) is 3. The first-order valence-electron chi connectivity index (χ1n) is 7.59. The maximum absolute atomic E-state index is 12.4. The SMILES string of the molecule is C=CCOc1cccc(NC(=O)C2CC23CCNCC3)c1. The van der Waals surface area contributed by atoms with Crippen LogP contribution < -0.4 is 15.4 Å². The maximum atomic E-state index is 12.4. The van der Waals surface area contributed by atoms with Gasteiger partial charge in [0.15, 0.2) is 0 Å². The normalized spacial score (nSPS) is 22.6. The van der Waals surface area contributed by atoms with Gasteiger partial charge in [-0.15, -0.1) is 0 Å². The van der Waals surface area contributed by atoms with E-state index in [2.05, 4.69) is 17.2 Å². The molecule has 1 heterocycles. The zero-order chi connectivity index (χ0) is 14.7. The van der Waals surface area contributed by atoms with Crippen LogP contribution in [0.25, 0.3) is 0 Å². The van der Waals surface area contributed by atoms with Crippen molar-refractivity contribution in [3.63, 3.8) is 0 Å². The molecule has 4 heteroatoms. The van der Waals surface area contributed by atoms with Crippen LogP contribution in [-0.4, -0.2) is 25.6 Å². The number of anilines is 1. The fourth-order valence-electron chi connectivity index (χ4n) is 3.24. The maximum Gasteiger partial charge on any atom is 0.228 e. The summed E-state index contributed by atoms with van der Waals surface area (Å²) in [6, 6.07) is 7.53. The van der Waals surface area contributed by atoms with E-state index in [-0.39, 0.29) is 17.2 Å². The van der Waals surface area contributed by atoms with E-state index < -0.39 is 0 Å². The van der Waals surface area contributed by atoms with Crippen LogP contribution in [-0.2, 0) is 4.79 Å². The predicted octanol–water partition coefficient (Wildman–Crippen LogP) is 2.58. The third-order valence-corrected chi connectivity index (χ3v) is 4.57. The molecule has 1 aromatic carbocycles. The topological polar surface area (TPSA) is 50.4 Å². The minimum Gasteiger partial charge on any atom is -0.489 e. The predicted molar refractivity (Wildman–Crippen MR) is 83.4 cm³/mol. The molecule has 1 saturated carbocycles. The molecule has 112 valence electrons. The summed E-state index contributed by atoms with van der Waals surface area (Å²) >= 11 is 0. The van der Waals surface area contributed by atoms with Crippen LogP contribution in [0.5, 0.6) is 5.75 Å². The highest BCUT2D eigenvalue weighted by Gasteiger charge is 2.57. The van der Waals surface area contributed by atoms with Gasteiger partial charge in [-0.2, -0.15) is 0 Å². The van der Waals surface area contributed by atoms with Crippen LogP contribution in [0.4, 0.5) is 5.69 Å². The summed E-state index contributed by atoms with van der Waals surface area (Å²) in [4.78, 5) is 12.4. The average Bonchev–Trinajstić information content (AvgIpc) is 3.20. The molecule has 0 radical (unpaired) electrons. The Morgan fingerprint density at radius 1 is 1.48 bits per heavy atom. The van der Waals surface area contributed by atoms with Gasteiger partial charge in [-0.1, -0.05) is 18.7 Å². The zero-order valence-corrected chi connectivity index (χ0v) is 12.2. The number of benzene rings is 1. The Balaban J connectivity index is 1.59. The van der Waals surface area contributed by atoms with Crippen molar-refractivity contribution in [2.75, 3.05) is 25.0 Å². The molecule has 1 saturated heterocycles. The Morgan fingerprint density at radius 2 is 2.29 bits per heavy atom. The quantitative estimate of drug-likeness (QED) is 0.818. The van der Waals surface area contributed by atoms with E-state index in [0.717, 1.165) is 43.8 Å². The average molecular weight is 286 g/mol. The second-order valence-electron chi connectivity index (χ2n) is 5.99. The molecule has 2 aliphatic rings. The highest BCUT2D eigenvalue weighted by atomic mass is 16.5. The van der Waals surface area contributed by atoms with Crippen molar-refractivity contribution >= 4 is 11.6 Å². The van der Waals surface area contributed by atoms with E-state index in [1.54, 1.807) is 6.08 Å². The standard InChI is InChI=1S/C17H22N2O2/c1-2-10-21-14-5-3-4-13(11-14)19-16(20)15-12-17(15)6-8-18-9-7-17/h2-5,11,15,18H,1,6-10,12H2,(H,19,20). The van der Waals surface area contributed by atoms with Crippen LogP contribution >= 0.6 is 0 Å². The second kappa shape index (κ2) is 5.90. The first-order valence-corrected chi connectivity index (χ1v) is 7.59. The van der Waals surface area contributed by atoms with Crippen LogP contribution in [0.3, 0.4) is 0 Å². The molecule has 21 heavy (non-hydrogen) atoms. The number of hydrogen-bond donors (Lipinski definition) is 2. The fourth-order valence-corrected chi connectivity index (χ4v) is 3.24. The Hall–Kier alpha value is -1.81. The number of piperidine rings is 1. The van der Waals surface area contributed by atoms with Crippen molar-refractivity contribution in [2.45, 2.75) is 19.3 Å². The molecule has 1 aliphatic heterocycles. The molecule has 2 N–H and O–H groups in total. The molecule has 1 aromatic rings. The van der Waals surface area contributed by atoms with E-state index >= 15 is 0 Å². The lowest BCUT2D eigenvalue weighted by Crippen LogP contribution is -2.31. The van der Waals surface area contributed by atoms with Crippen molar-refractivity contribution in [1.82, 2.24) is 5.32 Å². The minimum absolute atomic E-state index is 0.151. The highest BCUT2D eigenvalue weighted by molar-refractivity contribution is 5.95. The molecular weight excluding hydrogens is 264 g/mol. The first-order chi connectivity index (χ1) is 10.2. The van der Waals surface area contributed by atoms with Gasteiger partial charge in [-0.25, -0.2) is 0 Å². The van der Waals surface area contributed by atoms with Gasteiger partial charge in [0.25, 0.3) is 0 Å². The van der Waals surface area contributed by atoms with E-state index in [0.29, 0.717) is 6.61 Å². The Labute approximate surface area is 125 Å². The van der Waals surface area contributed by atoms with Gasteiger partial charge < -0.3 is 15.4 Å². The number of ether oxygens (including phenoxy) is 1. The van der Waals surface area contributed by atoms with E-state index in [1.807, 2.05) is 24.3 Å².